The van der Waals surface area contributed by atoms with Crippen LogP contribution in [0.2, 0.25) is 0 Å². The van der Waals surface area contributed by atoms with Crippen molar-refractivity contribution >= 4 is 43.2 Å². The average Bonchev–Trinajstić information content (AvgIpc) is 3.08. The van der Waals surface area contributed by atoms with Crippen LogP contribution in [0.5, 0.6) is 5.75 Å². The minimum Gasteiger partial charge on any atom is -0.481 e. The lowest BCUT2D eigenvalue weighted by Gasteiger charge is -2.34. The monoisotopic (exact) mass is 472 g/mol. The van der Waals surface area contributed by atoms with Crippen LogP contribution in [-0.2, 0) is 14.8 Å². The van der Waals surface area contributed by atoms with Gasteiger partial charge in [-0.2, -0.15) is 4.31 Å². The number of ether oxygens (including phenoxy) is 1. The SMILES string of the molecule is Cc1cccc(OC(C)C(=O)N2CCN(S(=O)(=O)c3ccc(Br)s3)CC2)c1. The van der Waals surface area contributed by atoms with E-state index in [1.54, 1.807) is 24.0 Å². The van der Waals surface area contributed by atoms with Gasteiger partial charge in [-0.1, -0.05) is 12.1 Å². The van der Waals surface area contributed by atoms with Crippen LogP contribution in [0.15, 0.2) is 44.4 Å². The molecule has 0 N–H and O–H groups in total. The van der Waals surface area contributed by atoms with E-state index in [2.05, 4.69) is 15.9 Å². The van der Waals surface area contributed by atoms with Crippen molar-refractivity contribution in [2.45, 2.75) is 24.2 Å². The van der Waals surface area contributed by atoms with Gasteiger partial charge in [-0.3, -0.25) is 4.79 Å². The van der Waals surface area contributed by atoms with Gasteiger partial charge in [0.1, 0.15) is 9.96 Å². The van der Waals surface area contributed by atoms with Gasteiger partial charge in [0.2, 0.25) is 0 Å². The van der Waals surface area contributed by atoms with E-state index in [-0.39, 0.29) is 19.0 Å². The maximum Gasteiger partial charge on any atom is 0.263 e. The summed E-state index contributed by atoms with van der Waals surface area (Å²) in [7, 11) is -3.51. The van der Waals surface area contributed by atoms with Gasteiger partial charge in [-0.25, -0.2) is 8.42 Å². The minimum absolute atomic E-state index is 0.132. The summed E-state index contributed by atoms with van der Waals surface area (Å²) in [5, 5.41) is 0. The van der Waals surface area contributed by atoms with Crippen LogP contribution in [0, 0.1) is 6.92 Å². The number of piperazine rings is 1. The second-order valence-electron chi connectivity index (χ2n) is 6.36. The molecule has 2 aromatic rings. The molecule has 1 aromatic heterocycles. The Morgan fingerprint density at radius 1 is 1.19 bits per heavy atom. The molecule has 1 amide bonds. The molecule has 0 radical (unpaired) electrons. The number of carbonyl (C=O) groups excluding carboxylic acids is 1. The van der Waals surface area contributed by atoms with Crippen molar-refractivity contribution in [3.8, 4) is 5.75 Å². The van der Waals surface area contributed by atoms with E-state index in [1.165, 1.54) is 15.6 Å². The number of hydrogen-bond donors (Lipinski definition) is 0. The number of nitrogens with zero attached hydrogens (tertiary/aromatic N) is 2. The molecule has 3 rings (SSSR count). The van der Waals surface area contributed by atoms with E-state index in [1.807, 2.05) is 31.2 Å². The van der Waals surface area contributed by atoms with Crippen LogP contribution in [0.4, 0.5) is 0 Å². The molecule has 1 saturated heterocycles. The summed E-state index contributed by atoms with van der Waals surface area (Å²) in [4.78, 5) is 14.3. The largest absolute Gasteiger partial charge is 0.481 e. The number of sulfonamides is 1. The summed E-state index contributed by atoms with van der Waals surface area (Å²) in [6.07, 6.45) is -0.622. The molecule has 1 fully saturated rings. The third-order valence-electron chi connectivity index (χ3n) is 4.34. The standard InChI is InChI=1S/C18H21BrN2O4S2/c1-13-4-3-5-15(12-13)25-14(2)18(22)20-8-10-21(11-9-20)27(23,24)17-7-6-16(19)26-17/h3-7,12,14H,8-11H2,1-2H3. The maximum absolute atomic E-state index is 12.7. The van der Waals surface area contributed by atoms with Crippen molar-refractivity contribution in [2.24, 2.45) is 0 Å². The highest BCUT2D eigenvalue weighted by molar-refractivity contribution is 9.11. The lowest BCUT2D eigenvalue weighted by molar-refractivity contribution is -0.139. The lowest BCUT2D eigenvalue weighted by atomic mass is 10.2. The Kier molecular flexibility index (Phi) is 6.25. The van der Waals surface area contributed by atoms with Crippen LogP contribution < -0.4 is 4.74 Å². The van der Waals surface area contributed by atoms with Crippen LogP contribution in [-0.4, -0.2) is 55.8 Å². The first kappa shape index (κ1) is 20.3. The van der Waals surface area contributed by atoms with E-state index in [9.17, 15) is 13.2 Å². The van der Waals surface area contributed by atoms with Gasteiger partial charge in [0, 0.05) is 26.2 Å². The summed E-state index contributed by atoms with van der Waals surface area (Å²) in [5.74, 6) is 0.521. The van der Waals surface area contributed by atoms with Crippen LogP contribution in [0.3, 0.4) is 0 Å². The molecular formula is C18H21BrN2O4S2. The number of benzene rings is 1. The quantitative estimate of drug-likeness (QED) is 0.670. The number of carbonyl (C=O) groups is 1. The van der Waals surface area contributed by atoms with Crippen molar-refractivity contribution in [2.75, 3.05) is 26.2 Å². The minimum atomic E-state index is -3.51. The van der Waals surface area contributed by atoms with E-state index < -0.39 is 16.1 Å². The number of halogens is 1. The molecule has 1 unspecified atom stereocenters. The van der Waals surface area contributed by atoms with Crippen molar-refractivity contribution in [3.63, 3.8) is 0 Å². The third kappa shape index (κ3) is 4.71. The highest BCUT2D eigenvalue weighted by Gasteiger charge is 2.32. The summed E-state index contributed by atoms with van der Waals surface area (Å²) < 4.78 is 33.6. The fourth-order valence-corrected chi connectivity index (χ4v) is 6.50. The summed E-state index contributed by atoms with van der Waals surface area (Å²) >= 11 is 4.48. The highest BCUT2D eigenvalue weighted by atomic mass is 79.9. The van der Waals surface area contributed by atoms with Crippen molar-refractivity contribution in [3.05, 3.63) is 45.7 Å². The van der Waals surface area contributed by atoms with Gasteiger partial charge in [-0.05, 0) is 59.6 Å². The van der Waals surface area contributed by atoms with Gasteiger partial charge in [0.25, 0.3) is 15.9 Å². The molecule has 2 heterocycles. The van der Waals surface area contributed by atoms with E-state index in [0.717, 1.165) is 9.35 Å². The van der Waals surface area contributed by atoms with Crippen molar-refractivity contribution in [1.29, 1.82) is 0 Å². The third-order valence-corrected chi connectivity index (χ3v) is 8.33. The molecule has 0 bridgehead atoms. The molecule has 1 aliphatic heterocycles. The van der Waals surface area contributed by atoms with Gasteiger partial charge in [0.05, 0.1) is 3.79 Å². The number of amides is 1. The predicted molar refractivity (Wildman–Crippen MR) is 109 cm³/mol. The number of aryl methyl sites for hydroxylation is 1. The Hall–Kier alpha value is -1.42. The van der Waals surface area contributed by atoms with Gasteiger partial charge in [-0.15, -0.1) is 11.3 Å². The Labute approximate surface area is 171 Å². The predicted octanol–water partition coefficient (Wildman–Crippen LogP) is 3.12. The van der Waals surface area contributed by atoms with Crippen molar-refractivity contribution < 1.29 is 17.9 Å². The molecule has 146 valence electrons. The first-order valence-corrected chi connectivity index (χ1v) is 11.6. The number of thiophene rings is 1. The average molecular weight is 473 g/mol. The molecule has 1 aliphatic rings. The zero-order valence-electron chi connectivity index (χ0n) is 15.1. The Morgan fingerprint density at radius 2 is 1.89 bits per heavy atom. The smallest absolute Gasteiger partial charge is 0.263 e. The summed E-state index contributed by atoms with van der Waals surface area (Å²) in [5.41, 5.74) is 1.06. The zero-order valence-corrected chi connectivity index (χ0v) is 18.3. The fraction of sp³-hybridized carbons (Fsp3) is 0.389. The van der Waals surface area contributed by atoms with Crippen LogP contribution >= 0.6 is 27.3 Å². The van der Waals surface area contributed by atoms with Crippen molar-refractivity contribution in [1.82, 2.24) is 9.21 Å². The second-order valence-corrected chi connectivity index (χ2v) is 11.0. The zero-order chi connectivity index (χ0) is 19.6. The van der Waals surface area contributed by atoms with Gasteiger partial charge >= 0.3 is 0 Å². The lowest BCUT2D eigenvalue weighted by Crippen LogP contribution is -2.53. The van der Waals surface area contributed by atoms with E-state index in [0.29, 0.717) is 23.0 Å². The maximum atomic E-state index is 12.7. The first-order valence-electron chi connectivity index (χ1n) is 8.55. The molecule has 1 atom stereocenters. The molecule has 0 aliphatic carbocycles. The van der Waals surface area contributed by atoms with Crippen LogP contribution in [0.25, 0.3) is 0 Å². The molecule has 6 nitrogen and oxygen atoms in total. The van der Waals surface area contributed by atoms with Crippen LogP contribution in [0.1, 0.15) is 12.5 Å². The normalized spacial score (nSPS) is 16.9. The molecular weight excluding hydrogens is 452 g/mol. The first-order chi connectivity index (χ1) is 12.8. The molecule has 0 spiro atoms. The Bertz CT molecular complexity index is 921. The van der Waals surface area contributed by atoms with Gasteiger partial charge < -0.3 is 9.64 Å². The molecule has 0 saturated carbocycles. The molecule has 9 heteroatoms. The molecule has 27 heavy (non-hydrogen) atoms. The number of hydrogen-bond acceptors (Lipinski definition) is 5. The second kappa shape index (κ2) is 8.30. The summed E-state index contributed by atoms with van der Waals surface area (Å²) in [6, 6.07) is 10.9. The molecule has 1 aromatic carbocycles. The highest BCUT2D eigenvalue weighted by Crippen LogP contribution is 2.29. The summed E-state index contributed by atoms with van der Waals surface area (Å²) in [6.45, 7) is 4.95. The number of rotatable bonds is 5. The van der Waals surface area contributed by atoms with E-state index in [4.69, 9.17) is 4.74 Å². The fourth-order valence-electron chi connectivity index (χ4n) is 2.91. The Morgan fingerprint density at radius 3 is 2.48 bits per heavy atom. The Balaban J connectivity index is 1.59. The van der Waals surface area contributed by atoms with Gasteiger partial charge in [0.15, 0.2) is 6.10 Å². The topological polar surface area (TPSA) is 66.9 Å². The van der Waals surface area contributed by atoms with E-state index >= 15 is 0 Å².